The van der Waals surface area contributed by atoms with Crippen molar-refractivity contribution >= 4 is 11.8 Å². The maximum atomic E-state index is 9.56. The number of rotatable bonds is 6. The standard InChI is InChI=1S/C18H19NO3/c1-22-18-13-15(9-12-17(18)20)8-11-16(19-21)10-7-14-5-3-2-4-6-14/h2-6,8-9,11-13,20-21H,7,10H2,1H3/b11-8+,19-16+. The summed E-state index contributed by atoms with van der Waals surface area (Å²) in [5.74, 6) is 0.508. The molecule has 0 saturated heterocycles. The quantitative estimate of drug-likeness (QED) is 0.483. The van der Waals surface area contributed by atoms with E-state index in [9.17, 15) is 5.11 Å². The maximum absolute atomic E-state index is 9.56. The molecule has 0 bridgehead atoms. The van der Waals surface area contributed by atoms with Crippen LogP contribution in [0.3, 0.4) is 0 Å². The van der Waals surface area contributed by atoms with Gasteiger partial charge in [-0.25, -0.2) is 0 Å². The molecule has 0 radical (unpaired) electrons. The molecule has 2 aromatic carbocycles. The van der Waals surface area contributed by atoms with Crippen molar-refractivity contribution in [3.8, 4) is 11.5 Å². The lowest BCUT2D eigenvalue weighted by Crippen LogP contribution is -1.97. The topological polar surface area (TPSA) is 62.0 Å². The maximum Gasteiger partial charge on any atom is 0.161 e. The molecule has 0 aromatic heterocycles. The van der Waals surface area contributed by atoms with Gasteiger partial charge in [0.05, 0.1) is 12.8 Å². The van der Waals surface area contributed by atoms with Gasteiger partial charge in [-0.05, 0) is 42.2 Å². The number of aromatic hydroxyl groups is 1. The summed E-state index contributed by atoms with van der Waals surface area (Å²) in [7, 11) is 1.50. The van der Waals surface area contributed by atoms with Crippen LogP contribution >= 0.6 is 0 Å². The van der Waals surface area contributed by atoms with Crippen molar-refractivity contribution < 1.29 is 15.1 Å². The van der Waals surface area contributed by atoms with Crippen molar-refractivity contribution in [2.75, 3.05) is 7.11 Å². The molecule has 0 amide bonds. The van der Waals surface area contributed by atoms with E-state index >= 15 is 0 Å². The van der Waals surface area contributed by atoms with Crippen LogP contribution < -0.4 is 4.74 Å². The first-order chi connectivity index (χ1) is 10.7. The van der Waals surface area contributed by atoms with Crippen LogP contribution in [0.5, 0.6) is 11.5 Å². The summed E-state index contributed by atoms with van der Waals surface area (Å²) < 4.78 is 5.06. The number of phenols is 1. The Morgan fingerprint density at radius 1 is 1.18 bits per heavy atom. The molecule has 0 saturated carbocycles. The molecule has 114 valence electrons. The van der Waals surface area contributed by atoms with Gasteiger partial charge in [-0.1, -0.05) is 47.6 Å². The highest BCUT2D eigenvalue weighted by molar-refractivity contribution is 5.98. The van der Waals surface area contributed by atoms with E-state index in [4.69, 9.17) is 9.94 Å². The zero-order valence-corrected chi connectivity index (χ0v) is 12.4. The van der Waals surface area contributed by atoms with Crippen molar-refractivity contribution in [3.05, 3.63) is 65.7 Å². The first kappa shape index (κ1) is 15.6. The fourth-order valence-corrected chi connectivity index (χ4v) is 2.07. The van der Waals surface area contributed by atoms with Crippen molar-refractivity contribution in [1.82, 2.24) is 0 Å². The largest absolute Gasteiger partial charge is 0.504 e. The molecule has 0 fully saturated rings. The third-order valence-corrected chi connectivity index (χ3v) is 3.31. The molecule has 0 aliphatic heterocycles. The van der Waals surface area contributed by atoms with Gasteiger partial charge in [0.1, 0.15) is 0 Å². The second-order valence-corrected chi connectivity index (χ2v) is 4.84. The predicted molar refractivity (Wildman–Crippen MR) is 87.7 cm³/mol. The summed E-state index contributed by atoms with van der Waals surface area (Å²) in [6.45, 7) is 0. The Kier molecular flexibility index (Phi) is 5.60. The van der Waals surface area contributed by atoms with Crippen LogP contribution in [-0.4, -0.2) is 23.1 Å². The van der Waals surface area contributed by atoms with Gasteiger partial charge in [-0.3, -0.25) is 0 Å². The van der Waals surface area contributed by atoms with Crippen molar-refractivity contribution in [2.45, 2.75) is 12.8 Å². The molecule has 0 aliphatic rings. The number of methoxy groups -OCH3 is 1. The summed E-state index contributed by atoms with van der Waals surface area (Å²) in [6, 6.07) is 15.1. The fraction of sp³-hybridized carbons (Fsp3) is 0.167. The predicted octanol–water partition coefficient (Wildman–Crippen LogP) is 3.88. The summed E-state index contributed by atoms with van der Waals surface area (Å²) in [5, 5.41) is 22.0. The minimum Gasteiger partial charge on any atom is -0.504 e. The van der Waals surface area contributed by atoms with Crippen molar-refractivity contribution in [1.29, 1.82) is 0 Å². The molecular weight excluding hydrogens is 278 g/mol. The number of aryl methyl sites for hydroxylation is 1. The second kappa shape index (κ2) is 7.88. The number of ether oxygens (including phenoxy) is 1. The Bertz CT molecular complexity index is 663. The summed E-state index contributed by atoms with van der Waals surface area (Å²) >= 11 is 0. The van der Waals surface area contributed by atoms with Crippen LogP contribution in [0.1, 0.15) is 17.5 Å². The third kappa shape index (κ3) is 4.38. The normalized spacial score (nSPS) is 11.8. The van der Waals surface area contributed by atoms with Gasteiger partial charge in [-0.2, -0.15) is 0 Å². The Balaban J connectivity index is 2.01. The lowest BCUT2D eigenvalue weighted by atomic mass is 10.1. The number of hydrogen-bond acceptors (Lipinski definition) is 4. The van der Waals surface area contributed by atoms with Crippen molar-refractivity contribution in [3.63, 3.8) is 0 Å². The minimum absolute atomic E-state index is 0.0970. The third-order valence-electron chi connectivity index (χ3n) is 3.31. The van der Waals surface area contributed by atoms with E-state index in [1.54, 1.807) is 24.3 Å². The molecule has 0 heterocycles. The molecule has 4 heteroatoms. The van der Waals surface area contributed by atoms with Gasteiger partial charge < -0.3 is 15.1 Å². The first-order valence-electron chi connectivity index (χ1n) is 7.03. The number of allylic oxidation sites excluding steroid dienone is 1. The lowest BCUT2D eigenvalue weighted by Gasteiger charge is -2.04. The van der Waals surface area contributed by atoms with Crippen LogP contribution in [0.2, 0.25) is 0 Å². The van der Waals surface area contributed by atoms with E-state index in [1.807, 2.05) is 36.4 Å². The van der Waals surface area contributed by atoms with E-state index in [2.05, 4.69) is 5.16 Å². The second-order valence-electron chi connectivity index (χ2n) is 4.84. The van der Waals surface area contributed by atoms with E-state index in [0.717, 1.165) is 12.0 Å². The molecular formula is C18H19NO3. The van der Waals surface area contributed by atoms with Crippen LogP contribution in [0.25, 0.3) is 6.08 Å². The Hall–Kier alpha value is -2.75. The van der Waals surface area contributed by atoms with Crippen LogP contribution in [-0.2, 0) is 6.42 Å². The lowest BCUT2D eigenvalue weighted by molar-refractivity contribution is 0.318. The average Bonchev–Trinajstić information content (AvgIpc) is 2.57. The SMILES string of the molecule is COc1cc(/C=C/C(CCc2ccccc2)=N/O)ccc1O. The van der Waals surface area contributed by atoms with Gasteiger partial charge in [0.15, 0.2) is 11.5 Å². The van der Waals surface area contributed by atoms with E-state index in [1.165, 1.54) is 12.7 Å². The van der Waals surface area contributed by atoms with E-state index < -0.39 is 0 Å². The van der Waals surface area contributed by atoms with Crippen LogP contribution in [0.4, 0.5) is 0 Å². The zero-order valence-electron chi connectivity index (χ0n) is 12.4. The molecule has 22 heavy (non-hydrogen) atoms. The number of nitrogens with zero attached hydrogens (tertiary/aromatic N) is 1. The average molecular weight is 297 g/mol. The molecule has 0 unspecified atom stereocenters. The number of hydrogen-bond donors (Lipinski definition) is 2. The number of oxime groups is 1. The molecule has 0 atom stereocenters. The molecule has 4 nitrogen and oxygen atoms in total. The first-order valence-corrected chi connectivity index (χ1v) is 7.03. The highest BCUT2D eigenvalue weighted by Gasteiger charge is 2.02. The summed E-state index contributed by atoms with van der Waals surface area (Å²) in [5.41, 5.74) is 2.65. The van der Waals surface area contributed by atoms with Crippen molar-refractivity contribution in [2.24, 2.45) is 5.16 Å². The molecule has 2 N–H and O–H groups in total. The van der Waals surface area contributed by atoms with Crippen LogP contribution in [0.15, 0.2) is 59.8 Å². The molecule has 2 aromatic rings. The van der Waals surface area contributed by atoms with Gasteiger partial charge in [0, 0.05) is 0 Å². The van der Waals surface area contributed by atoms with Gasteiger partial charge in [0.2, 0.25) is 0 Å². The van der Waals surface area contributed by atoms with E-state index in [-0.39, 0.29) is 5.75 Å². The summed E-state index contributed by atoms with van der Waals surface area (Å²) in [4.78, 5) is 0. The summed E-state index contributed by atoms with van der Waals surface area (Å²) in [6.07, 6.45) is 5.03. The smallest absolute Gasteiger partial charge is 0.161 e. The molecule has 0 aliphatic carbocycles. The van der Waals surface area contributed by atoms with Gasteiger partial charge in [-0.15, -0.1) is 0 Å². The highest BCUT2D eigenvalue weighted by Crippen LogP contribution is 2.26. The Labute approximate surface area is 130 Å². The number of benzene rings is 2. The number of phenolic OH excluding ortho intramolecular Hbond substituents is 1. The monoisotopic (exact) mass is 297 g/mol. The fourth-order valence-electron chi connectivity index (χ4n) is 2.07. The molecule has 2 rings (SSSR count). The van der Waals surface area contributed by atoms with E-state index in [0.29, 0.717) is 17.9 Å². The van der Waals surface area contributed by atoms with Gasteiger partial charge >= 0.3 is 0 Å². The van der Waals surface area contributed by atoms with Gasteiger partial charge in [0.25, 0.3) is 0 Å². The Morgan fingerprint density at radius 2 is 1.95 bits per heavy atom. The minimum atomic E-state index is 0.0970. The zero-order chi connectivity index (χ0) is 15.8. The highest BCUT2D eigenvalue weighted by atomic mass is 16.5. The van der Waals surface area contributed by atoms with Crippen LogP contribution in [0, 0.1) is 0 Å². The molecule has 0 spiro atoms. The Morgan fingerprint density at radius 3 is 2.64 bits per heavy atom.